The topological polar surface area (TPSA) is 50.2 Å². The van der Waals surface area contributed by atoms with Gasteiger partial charge in [0, 0.05) is 17.7 Å². The Labute approximate surface area is 93.1 Å². The molecule has 0 amide bonds. The van der Waals surface area contributed by atoms with Crippen molar-refractivity contribution < 1.29 is 9.90 Å². The van der Waals surface area contributed by atoms with Crippen LogP contribution in [0.15, 0.2) is 36.5 Å². The summed E-state index contributed by atoms with van der Waals surface area (Å²) in [6.45, 7) is 2.00. The van der Waals surface area contributed by atoms with Crippen LogP contribution >= 0.6 is 0 Å². The monoisotopic (exact) mass is 213 g/mol. The van der Waals surface area contributed by atoms with Gasteiger partial charge in [-0.05, 0) is 30.5 Å². The number of aliphatic carboxylic acids is 1. The van der Waals surface area contributed by atoms with Crippen molar-refractivity contribution in [2.75, 3.05) is 0 Å². The molecule has 0 aliphatic rings. The van der Waals surface area contributed by atoms with Gasteiger partial charge < -0.3 is 5.11 Å². The highest BCUT2D eigenvalue weighted by Gasteiger charge is 2.00. The number of carboxylic acids is 1. The lowest BCUT2D eigenvalue weighted by molar-refractivity contribution is -0.131. The maximum Gasteiger partial charge on any atom is 0.328 e. The standard InChI is InChI=1S/C13H11NO2/c1-9-2-3-10-6-7-14-12(11(10)8-9)4-5-13(15)16/h2-8H,1H3,(H,15,16)/b5-4+. The molecule has 0 fully saturated rings. The van der Waals surface area contributed by atoms with E-state index in [2.05, 4.69) is 4.98 Å². The van der Waals surface area contributed by atoms with E-state index >= 15 is 0 Å². The predicted molar refractivity (Wildman–Crippen MR) is 63.1 cm³/mol. The molecule has 1 aromatic heterocycles. The van der Waals surface area contributed by atoms with Crippen LogP contribution in [-0.4, -0.2) is 16.1 Å². The molecule has 0 saturated carbocycles. The number of nitrogens with zero attached hydrogens (tertiary/aromatic N) is 1. The minimum absolute atomic E-state index is 0.684. The Morgan fingerprint density at radius 3 is 2.94 bits per heavy atom. The Morgan fingerprint density at radius 2 is 2.19 bits per heavy atom. The summed E-state index contributed by atoms with van der Waals surface area (Å²) in [5.74, 6) is -0.966. The lowest BCUT2D eigenvalue weighted by Crippen LogP contribution is -1.88. The third-order valence-corrected chi connectivity index (χ3v) is 2.34. The van der Waals surface area contributed by atoms with Crippen LogP contribution in [0.5, 0.6) is 0 Å². The summed E-state index contributed by atoms with van der Waals surface area (Å²) in [6, 6.07) is 7.94. The normalized spacial score (nSPS) is 11.1. The summed E-state index contributed by atoms with van der Waals surface area (Å²) in [7, 11) is 0. The fourth-order valence-electron chi connectivity index (χ4n) is 1.59. The fourth-order valence-corrected chi connectivity index (χ4v) is 1.59. The van der Waals surface area contributed by atoms with Crippen LogP contribution in [-0.2, 0) is 4.79 Å². The molecule has 0 spiro atoms. The van der Waals surface area contributed by atoms with Crippen molar-refractivity contribution in [1.82, 2.24) is 4.98 Å². The molecule has 0 saturated heterocycles. The molecule has 3 nitrogen and oxygen atoms in total. The molecule has 1 heterocycles. The van der Waals surface area contributed by atoms with Crippen molar-refractivity contribution in [1.29, 1.82) is 0 Å². The van der Waals surface area contributed by atoms with Gasteiger partial charge in [-0.3, -0.25) is 4.98 Å². The van der Waals surface area contributed by atoms with E-state index in [1.165, 1.54) is 6.08 Å². The number of carbonyl (C=O) groups is 1. The quantitative estimate of drug-likeness (QED) is 0.780. The van der Waals surface area contributed by atoms with Crippen LogP contribution < -0.4 is 0 Å². The zero-order valence-corrected chi connectivity index (χ0v) is 8.84. The van der Waals surface area contributed by atoms with Gasteiger partial charge in [0.1, 0.15) is 0 Å². The lowest BCUT2D eigenvalue weighted by Gasteiger charge is -2.02. The molecular weight excluding hydrogens is 202 g/mol. The van der Waals surface area contributed by atoms with Crippen LogP contribution in [0.1, 0.15) is 11.3 Å². The van der Waals surface area contributed by atoms with Gasteiger partial charge >= 0.3 is 5.97 Å². The Balaban J connectivity index is 2.60. The number of aromatic nitrogens is 1. The van der Waals surface area contributed by atoms with Crippen molar-refractivity contribution in [3.05, 3.63) is 47.8 Å². The molecular formula is C13H11NO2. The second-order valence-corrected chi connectivity index (χ2v) is 3.59. The van der Waals surface area contributed by atoms with Crippen LogP contribution in [0.4, 0.5) is 0 Å². The summed E-state index contributed by atoms with van der Waals surface area (Å²) in [6.07, 6.45) is 4.30. The van der Waals surface area contributed by atoms with Gasteiger partial charge in [0.05, 0.1) is 5.69 Å². The van der Waals surface area contributed by atoms with Gasteiger partial charge in [0.25, 0.3) is 0 Å². The predicted octanol–water partition coefficient (Wildman–Crippen LogP) is 2.64. The van der Waals surface area contributed by atoms with Crippen molar-refractivity contribution in [3.63, 3.8) is 0 Å². The molecule has 2 rings (SSSR count). The average molecular weight is 213 g/mol. The van der Waals surface area contributed by atoms with Gasteiger partial charge in [-0.2, -0.15) is 0 Å². The first-order valence-corrected chi connectivity index (χ1v) is 4.93. The van der Waals surface area contributed by atoms with E-state index in [0.29, 0.717) is 5.69 Å². The first-order valence-electron chi connectivity index (χ1n) is 4.93. The number of aryl methyl sites for hydroxylation is 1. The average Bonchev–Trinajstić information content (AvgIpc) is 2.26. The highest BCUT2D eigenvalue weighted by molar-refractivity contribution is 5.93. The van der Waals surface area contributed by atoms with Crippen LogP contribution in [0.2, 0.25) is 0 Å². The second-order valence-electron chi connectivity index (χ2n) is 3.59. The Kier molecular flexibility index (Phi) is 2.68. The Bertz CT molecular complexity index is 573. The number of rotatable bonds is 2. The fraction of sp³-hybridized carbons (Fsp3) is 0.0769. The molecule has 2 aromatic rings. The van der Waals surface area contributed by atoms with E-state index in [4.69, 9.17) is 5.11 Å². The number of hydrogen-bond acceptors (Lipinski definition) is 2. The largest absolute Gasteiger partial charge is 0.478 e. The van der Waals surface area contributed by atoms with Crippen LogP contribution in [0.3, 0.4) is 0 Å². The third-order valence-electron chi connectivity index (χ3n) is 2.34. The van der Waals surface area contributed by atoms with E-state index in [0.717, 1.165) is 22.4 Å². The van der Waals surface area contributed by atoms with Gasteiger partial charge in [-0.1, -0.05) is 17.7 Å². The SMILES string of the molecule is Cc1ccc2ccnc(/C=C/C(=O)O)c2c1. The van der Waals surface area contributed by atoms with E-state index in [1.54, 1.807) is 6.20 Å². The minimum atomic E-state index is -0.966. The summed E-state index contributed by atoms with van der Waals surface area (Å²) in [5.41, 5.74) is 1.81. The highest BCUT2D eigenvalue weighted by Crippen LogP contribution is 2.19. The van der Waals surface area contributed by atoms with Crippen molar-refractivity contribution in [2.24, 2.45) is 0 Å². The molecule has 0 aliphatic heterocycles. The lowest BCUT2D eigenvalue weighted by atomic mass is 10.1. The molecule has 0 aliphatic carbocycles. The third kappa shape index (κ3) is 2.08. The minimum Gasteiger partial charge on any atom is -0.478 e. The molecule has 0 bridgehead atoms. The van der Waals surface area contributed by atoms with E-state index in [9.17, 15) is 4.79 Å². The van der Waals surface area contributed by atoms with Gasteiger partial charge in [-0.25, -0.2) is 4.79 Å². The summed E-state index contributed by atoms with van der Waals surface area (Å²) in [4.78, 5) is 14.6. The van der Waals surface area contributed by atoms with Crippen LogP contribution in [0, 0.1) is 6.92 Å². The number of pyridine rings is 1. The first kappa shape index (κ1) is 10.4. The molecule has 0 unspecified atom stereocenters. The molecule has 1 aromatic carbocycles. The molecule has 16 heavy (non-hydrogen) atoms. The molecule has 0 atom stereocenters. The Morgan fingerprint density at radius 1 is 1.38 bits per heavy atom. The molecule has 0 radical (unpaired) electrons. The van der Waals surface area contributed by atoms with Crippen molar-refractivity contribution in [2.45, 2.75) is 6.92 Å². The maximum absolute atomic E-state index is 10.5. The van der Waals surface area contributed by atoms with Gasteiger partial charge in [0.2, 0.25) is 0 Å². The zero-order chi connectivity index (χ0) is 11.5. The second kappa shape index (κ2) is 4.14. The number of benzene rings is 1. The van der Waals surface area contributed by atoms with Crippen molar-refractivity contribution >= 4 is 22.8 Å². The van der Waals surface area contributed by atoms with Gasteiger partial charge in [-0.15, -0.1) is 0 Å². The number of hydrogen-bond donors (Lipinski definition) is 1. The molecule has 1 N–H and O–H groups in total. The maximum atomic E-state index is 10.5. The number of carboxylic acid groups (broad SMARTS) is 1. The van der Waals surface area contributed by atoms with Crippen molar-refractivity contribution in [3.8, 4) is 0 Å². The highest BCUT2D eigenvalue weighted by atomic mass is 16.4. The smallest absolute Gasteiger partial charge is 0.328 e. The summed E-state index contributed by atoms with van der Waals surface area (Å²) >= 11 is 0. The van der Waals surface area contributed by atoms with Gasteiger partial charge in [0.15, 0.2) is 0 Å². The zero-order valence-electron chi connectivity index (χ0n) is 8.84. The summed E-state index contributed by atoms with van der Waals surface area (Å²) in [5, 5.41) is 10.6. The summed E-state index contributed by atoms with van der Waals surface area (Å²) < 4.78 is 0. The van der Waals surface area contributed by atoms with E-state index in [1.807, 2.05) is 31.2 Å². The number of fused-ring (bicyclic) bond motifs is 1. The van der Waals surface area contributed by atoms with E-state index in [-0.39, 0.29) is 0 Å². The first-order chi connectivity index (χ1) is 7.66. The van der Waals surface area contributed by atoms with E-state index < -0.39 is 5.97 Å². The van der Waals surface area contributed by atoms with Crippen LogP contribution in [0.25, 0.3) is 16.8 Å². The molecule has 80 valence electrons. The molecule has 3 heteroatoms. The Hall–Kier alpha value is -2.16.